The standard InChI is InChI=1S/C24H32N4O2/c1-30-21-9-7-19(8-10-21)18-28-23(29)17-24(26-28)12-15-27(16-13-24)14-11-22(25)20-5-3-2-4-6-20/h2-10,22,26H,11-18,25H2,1H3/t22-/m0/s1. The average molecular weight is 409 g/mol. The van der Waals surface area contributed by atoms with Gasteiger partial charge in [-0.15, -0.1) is 0 Å². The summed E-state index contributed by atoms with van der Waals surface area (Å²) < 4.78 is 5.21. The highest BCUT2D eigenvalue weighted by Gasteiger charge is 2.44. The van der Waals surface area contributed by atoms with E-state index in [1.807, 2.05) is 42.5 Å². The molecule has 1 atom stereocenters. The van der Waals surface area contributed by atoms with Crippen LogP contribution in [0.5, 0.6) is 5.75 Å². The molecule has 2 saturated heterocycles. The molecule has 160 valence electrons. The van der Waals surface area contributed by atoms with Crippen LogP contribution < -0.4 is 15.9 Å². The van der Waals surface area contributed by atoms with Gasteiger partial charge < -0.3 is 15.4 Å². The fourth-order valence-corrected chi connectivity index (χ4v) is 4.50. The Bertz CT molecular complexity index is 832. The van der Waals surface area contributed by atoms with E-state index in [0.717, 1.165) is 50.2 Å². The lowest BCUT2D eigenvalue weighted by Gasteiger charge is -2.39. The third kappa shape index (κ3) is 4.83. The van der Waals surface area contributed by atoms with Crippen molar-refractivity contribution in [3.05, 3.63) is 65.7 Å². The second-order valence-electron chi connectivity index (χ2n) is 8.54. The van der Waals surface area contributed by atoms with E-state index in [1.165, 1.54) is 5.56 Å². The summed E-state index contributed by atoms with van der Waals surface area (Å²) in [6, 6.07) is 18.3. The zero-order valence-electron chi connectivity index (χ0n) is 17.7. The maximum absolute atomic E-state index is 12.6. The van der Waals surface area contributed by atoms with E-state index in [4.69, 9.17) is 10.5 Å². The van der Waals surface area contributed by atoms with Gasteiger partial charge in [-0.1, -0.05) is 42.5 Å². The maximum atomic E-state index is 12.6. The average Bonchev–Trinajstić information content (AvgIpc) is 3.08. The number of piperidine rings is 1. The molecule has 6 heteroatoms. The number of nitrogens with one attached hydrogen (secondary N) is 1. The topological polar surface area (TPSA) is 70.8 Å². The van der Waals surface area contributed by atoms with Crippen LogP contribution in [0.15, 0.2) is 54.6 Å². The minimum Gasteiger partial charge on any atom is -0.497 e. The summed E-state index contributed by atoms with van der Waals surface area (Å²) in [7, 11) is 1.66. The van der Waals surface area contributed by atoms with Gasteiger partial charge in [-0.3, -0.25) is 9.80 Å². The number of nitrogens with zero attached hydrogens (tertiary/aromatic N) is 2. The van der Waals surface area contributed by atoms with Gasteiger partial charge in [0.15, 0.2) is 0 Å². The first-order valence-corrected chi connectivity index (χ1v) is 10.8. The first-order chi connectivity index (χ1) is 14.6. The van der Waals surface area contributed by atoms with Crippen LogP contribution in [-0.2, 0) is 11.3 Å². The Morgan fingerprint density at radius 3 is 2.47 bits per heavy atom. The SMILES string of the molecule is COc1ccc(CN2NC3(CCN(CC[C@H](N)c4ccccc4)CC3)CC2=O)cc1. The van der Waals surface area contributed by atoms with Gasteiger partial charge in [-0.05, 0) is 62.2 Å². The largest absolute Gasteiger partial charge is 0.497 e. The van der Waals surface area contributed by atoms with Gasteiger partial charge >= 0.3 is 0 Å². The molecule has 1 spiro atoms. The highest BCUT2D eigenvalue weighted by molar-refractivity contribution is 5.79. The third-order valence-electron chi connectivity index (χ3n) is 6.46. The molecule has 2 heterocycles. The van der Waals surface area contributed by atoms with Crippen LogP contribution in [0.2, 0.25) is 0 Å². The zero-order chi connectivity index (χ0) is 21.0. The lowest BCUT2D eigenvalue weighted by Crippen LogP contribution is -2.53. The number of benzene rings is 2. The van der Waals surface area contributed by atoms with E-state index in [2.05, 4.69) is 22.5 Å². The van der Waals surface area contributed by atoms with Gasteiger partial charge in [0, 0.05) is 18.0 Å². The van der Waals surface area contributed by atoms with Gasteiger partial charge in [-0.25, -0.2) is 5.43 Å². The Morgan fingerprint density at radius 2 is 1.80 bits per heavy atom. The summed E-state index contributed by atoms with van der Waals surface area (Å²) in [4.78, 5) is 15.1. The molecule has 0 saturated carbocycles. The molecule has 3 N–H and O–H groups in total. The summed E-state index contributed by atoms with van der Waals surface area (Å²) in [5.74, 6) is 1.01. The van der Waals surface area contributed by atoms with Crippen molar-refractivity contribution in [2.75, 3.05) is 26.7 Å². The van der Waals surface area contributed by atoms with Crippen LogP contribution in [0.1, 0.15) is 42.9 Å². The minimum atomic E-state index is -0.0956. The van der Waals surface area contributed by atoms with Crippen molar-refractivity contribution in [1.29, 1.82) is 0 Å². The predicted molar refractivity (Wildman–Crippen MR) is 118 cm³/mol. The van der Waals surface area contributed by atoms with Gasteiger partial charge in [0.1, 0.15) is 5.75 Å². The number of hydrogen-bond donors (Lipinski definition) is 2. The normalized spacial score (nSPS) is 19.9. The number of amides is 1. The summed E-state index contributed by atoms with van der Waals surface area (Å²) in [5, 5.41) is 1.79. The Kier molecular flexibility index (Phi) is 6.37. The van der Waals surface area contributed by atoms with E-state index in [0.29, 0.717) is 13.0 Å². The van der Waals surface area contributed by atoms with Crippen molar-refractivity contribution in [1.82, 2.24) is 15.3 Å². The molecular formula is C24H32N4O2. The highest BCUT2D eigenvalue weighted by atomic mass is 16.5. The predicted octanol–water partition coefficient (Wildman–Crippen LogP) is 2.86. The lowest BCUT2D eigenvalue weighted by molar-refractivity contribution is -0.130. The molecule has 30 heavy (non-hydrogen) atoms. The molecule has 2 aromatic rings. The Morgan fingerprint density at radius 1 is 1.10 bits per heavy atom. The number of hydrogen-bond acceptors (Lipinski definition) is 5. The number of methoxy groups -OCH3 is 1. The number of hydrazine groups is 1. The lowest BCUT2D eigenvalue weighted by atomic mass is 9.86. The van der Waals surface area contributed by atoms with Gasteiger partial charge in [0.25, 0.3) is 0 Å². The molecule has 0 radical (unpaired) electrons. The molecule has 6 nitrogen and oxygen atoms in total. The molecule has 0 unspecified atom stereocenters. The number of rotatable bonds is 7. The smallest absolute Gasteiger partial charge is 0.238 e. The van der Waals surface area contributed by atoms with Crippen LogP contribution in [-0.4, -0.2) is 48.1 Å². The van der Waals surface area contributed by atoms with Crippen molar-refractivity contribution in [3.8, 4) is 5.75 Å². The van der Waals surface area contributed by atoms with Crippen molar-refractivity contribution >= 4 is 5.91 Å². The molecule has 2 aliphatic heterocycles. The highest BCUT2D eigenvalue weighted by Crippen LogP contribution is 2.32. The van der Waals surface area contributed by atoms with E-state index in [1.54, 1.807) is 12.1 Å². The third-order valence-corrected chi connectivity index (χ3v) is 6.46. The molecule has 1 amide bonds. The number of carbonyl (C=O) groups excluding carboxylic acids is 1. The van der Waals surface area contributed by atoms with Crippen molar-refractivity contribution in [2.24, 2.45) is 5.73 Å². The van der Waals surface area contributed by atoms with Gasteiger partial charge in [0.05, 0.1) is 13.7 Å². The molecule has 2 fully saturated rings. The zero-order valence-corrected chi connectivity index (χ0v) is 17.7. The molecule has 4 rings (SSSR count). The van der Waals surface area contributed by atoms with Crippen molar-refractivity contribution < 1.29 is 9.53 Å². The summed E-state index contributed by atoms with van der Waals surface area (Å²) in [6.45, 7) is 3.58. The molecule has 0 aromatic heterocycles. The first kappa shape index (κ1) is 20.8. The van der Waals surface area contributed by atoms with E-state index in [-0.39, 0.29) is 17.5 Å². The summed E-state index contributed by atoms with van der Waals surface area (Å²) in [5.41, 5.74) is 12.1. The number of likely N-dealkylation sites (tertiary alicyclic amines) is 1. The molecule has 2 aromatic carbocycles. The van der Waals surface area contributed by atoms with E-state index >= 15 is 0 Å². The Labute approximate surface area is 179 Å². The second kappa shape index (κ2) is 9.16. The van der Waals surface area contributed by atoms with E-state index < -0.39 is 0 Å². The van der Waals surface area contributed by atoms with Crippen LogP contribution in [0, 0.1) is 0 Å². The van der Waals surface area contributed by atoms with Crippen LogP contribution in [0.25, 0.3) is 0 Å². The molecule has 2 aliphatic rings. The van der Waals surface area contributed by atoms with Gasteiger partial charge in [-0.2, -0.15) is 0 Å². The number of ether oxygens (including phenoxy) is 1. The Balaban J connectivity index is 1.26. The molecule has 0 bridgehead atoms. The van der Waals surface area contributed by atoms with E-state index in [9.17, 15) is 4.79 Å². The quantitative estimate of drug-likeness (QED) is 0.737. The number of nitrogens with two attached hydrogens (primary N) is 1. The number of carbonyl (C=O) groups is 1. The van der Waals surface area contributed by atoms with Crippen molar-refractivity contribution in [2.45, 2.75) is 43.8 Å². The minimum absolute atomic E-state index is 0.0771. The Hall–Kier alpha value is -2.41. The van der Waals surface area contributed by atoms with Crippen LogP contribution in [0.4, 0.5) is 0 Å². The van der Waals surface area contributed by atoms with Crippen LogP contribution >= 0.6 is 0 Å². The monoisotopic (exact) mass is 408 g/mol. The maximum Gasteiger partial charge on any atom is 0.238 e. The fraction of sp³-hybridized carbons (Fsp3) is 0.458. The fourth-order valence-electron chi connectivity index (χ4n) is 4.50. The molecule has 0 aliphatic carbocycles. The first-order valence-electron chi connectivity index (χ1n) is 10.8. The molecular weight excluding hydrogens is 376 g/mol. The summed E-state index contributed by atoms with van der Waals surface area (Å²) >= 11 is 0. The van der Waals surface area contributed by atoms with Crippen molar-refractivity contribution in [3.63, 3.8) is 0 Å². The second-order valence-corrected chi connectivity index (χ2v) is 8.54. The summed E-state index contributed by atoms with van der Waals surface area (Å²) in [6.07, 6.45) is 3.50. The van der Waals surface area contributed by atoms with Crippen LogP contribution in [0.3, 0.4) is 0 Å². The van der Waals surface area contributed by atoms with Gasteiger partial charge in [0.2, 0.25) is 5.91 Å².